The van der Waals surface area contributed by atoms with Crippen molar-refractivity contribution in [3.8, 4) is 0 Å². The molecule has 0 spiro atoms. The molecule has 1 atom stereocenters. The van der Waals surface area contributed by atoms with Crippen molar-refractivity contribution in [2.24, 2.45) is 5.92 Å². The molecule has 0 aromatic heterocycles. The Labute approximate surface area is 115 Å². The molecule has 3 heteroatoms. The standard InChI is InChI=1S/C16H22N2O/c19-16(14-8-5-10-17-12-14)18-11-4-3-7-13-6-1-2-9-15(13)18/h1-2,6,9,14,17H,3-5,7-8,10-12H2. The number of amides is 1. The van der Waals surface area contributed by atoms with Crippen molar-refractivity contribution in [3.63, 3.8) is 0 Å². The van der Waals surface area contributed by atoms with E-state index in [1.54, 1.807) is 0 Å². The van der Waals surface area contributed by atoms with E-state index in [-0.39, 0.29) is 5.92 Å². The average Bonchev–Trinajstić information content (AvgIpc) is 2.70. The van der Waals surface area contributed by atoms with Gasteiger partial charge in [-0.2, -0.15) is 0 Å². The third-order valence-corrected chi connectivity index (χ3v) is 4.27. The molecule has 0 aliphatic carbocycles. The fourth-order valence-corrected chi connectivity index (χ4v) is 3.20. The highest BCUT2D eigenvalue weighted by molar-refractivity contribution is 5.96. The first-order chi connectivity index (χ1) is 9.36. The van der Waals surface area contributed by atoms with E-state index >= 15 is 0 Å². The van der Waals surface area contributed by atoms with E-state index < -0.39 is 0 Å². The number of nitrogens with zero attached hydrogens (tertiary/aromatic N) is 1. The van der Waals surface area contributed by atoms with Crippen LogP contribution < -0.4 is 10.2 Å². The Morgan fingerprint density at radius 2 is 2.11 bits per heavy atom. The lowest BCUT2D eigenvalue weighted by Gasteiger charge is -2.30. The second-order valence-electron chi connectivity index (χ2n) is 5.62. The quantitative estimate of drug-likeness (QED) is 0.838. The summed E-state index contributed by atoms with van der Waals surface area (Å²) in [5.41, 5.74) is 2.48. The smallest absolute Gasteiger partial charge is 0.231 e. The number of carbonyl (C=O) groups excluding carboxylic acids is 1. The lowest BCUT2D eigenvalue weighted by molar-refractivity contribution is -0.122. The van der Waals surface area contributed by atoms with Crippen molar-refractivity contribution in [1.82, 2.24) is 5.32 Å². The lowest BCUT2D eigenvalue weighted by atomic mass is 9.97. The highest BCUT2D eigenvalue weighted by Gasteiger charge is 2.28. The van der Waals surface area contributed by atoms with Gasteiger partial charge in [0.2, 0.25) is 5.91 Å². The number of para-hydroxylation sites is 1. The van der Waals surface area contributed by atoms with Gasteiger partial charge in [-0.25, -0.2) is 0 Å². The number of carbonyl (C=O) groups is 1. The van der Waals surface area contributed by atoms with E-state index in [1.807, 2.05) is 11.0 Å². The topological polar surface area (TPSA) is 32.3 Å². The Morgan fingerprint density at radius 3 is 2.95 bits per heavy atom. The number of hydrogen-bond donors (Lipinski definition) is 1. The molecule has 1 unspecified atom stereocenters. The van der Waals surface area contributed by atoms with Gasteiger partial charge in [0.1, 0.15) is 0 Å². The Balaban J connectivity index is 1.84. The third-order valence-electron chi connectivity index (χ3n) is 4.27. The molecule has 1 amide bonds. The summed E-state index contributed by atoms with van der Waals surface area (Å²) in [4.78, 5) is 14.8. The summed E-state index contributed by atoms with van der Waals surface area (Å²) in [7, 11) is 0. The zero-order chi connectivity index (χ0) is 13.1. The molecule has 2 heterocycles. The minimum Gasteiger partial charge on any atom is -0.316 e. The number of hydrogen-bond acceptors (Lipinski definition) is 2. The molecule has 1 aromatic carbocycles. The zero-order valence-electron chi connectivity index (χ0n) is 11.4. The number of fused-ring (bicyclic) bond motifs is 1. The molecule has 3 nitrogen and oxygen atoms in total. The largest absolute Gasteiger partial charge is 0.316 e. The van der Waals surface area contributed by atoms with Gasteiger partial charge in [-0.1, -0.05) is 18.2 Å². The molecular weight excluding hydrogens is 236 g/mol. The van der Waals surface area contributed by atoms with Gasteiger partial charge in [0.15, 0.2) is 0 Å². The Bertz CT molecular complexity index is 452. The van der Waals surface area contributed by atoms with Gasteiger partial charge in [-0.3, -0.25) is 4.79 Å². The fraction of sp³-hybridized carbons (Fsp3) is 0.562. The van der Waals surface area contributed by atoms with Crippen molar-refractivity contribution in [2.75, 3.05) is 24.5 Å². The molecule has 0 bridgehead atoms. The number of benzene rings is 1. The van der Waals surface area contributed by atoms with Gasteiger partial charge in [-0.15, -0.1) is 0 Å². The first-order valence-electron chi connectivity index (χ1n) is 7.46. The van der Waals surface area contributed by atoms with Crippen LogP contribution in [0.1, 0.15) is 31.2 Å². The summed E-state index contributed by atoms with van der Waals surface area (Å²) in [5.74, 6) is 0.487. The van der Waals surface area contributed by atoms with Gasteiger partial charge in [0, 0.05) is 18.8 Å². The van der Waals surface area contributed by atoms with Crippen molar-refractivity contribution in [1.29, 1.82) is 0 Å². The number of rotatable bonds is 1. The molecule has 2 aliphatic rings. The van der Waals surface area contributed by atoms with Crippen LogP contribution in [0.5, 0.6) is 0 Å². The van der Waals surface area contributed by atoms with Gasteiger partial charge in [0.05, 0.1) is 5.92 Å². The SMILES string of the molecule is O=C(C1CCCNC1)N1CCCCc2ccccc21. The summed E-state index contributed by atoms with van der Waals surface area (Å²) >= 11 is 0. The van der Waals surface area contributed by atoms with Crippen LogP contribution in [0, 0.1) is 5.92 Å². The van der Waals surface area contributed by atoms with Crippen LogP contribution in [0.3, 0.4) is 0 Å². The summed E-state index contributed by atoms with van der Waals surface area (Å²) in [5, 5.41) is 3.35. The maximum absolute atomic E-state index is 12.8. The number of anilines is 1. The van der Waals surface area contributed by atoms with Crippen molar-refractivity contribution in [3.05, 3.63) is 29.8 Å². The van der Waals surface area contributed by atoms with Crippen molar-refractivity contribution < 1.29 is 4.79 Å². The van der Waals surface area contributed by atoms with Crippen LogP contribution >= 0.6 is 0 Å². The molecule has 1 N–H and O–H groups in total. The van der Waals surface area contributed by atoms with E-state index in [0.29, 0.717) is 5.91 Å². The molecule has 2 aliphatic heterocycles. The minimum absolute atomic E-state index is 0.167. The monoisotopic (exact) mass is 258 g/mol. The van der Waals surface area contributed by atoms with Crippen LogP contribution in [0.2, 0.25) is 0 Å². The second kappa shape index (κ2) is 5.74. The first kappa shape index (κ1) is 12.7. The summed E-state index contributed by atoms with van der Waals surface area (Å²) in [6, 6.07) is 8.40. The average molecular weight is 258 g/mol. The predicted molar refractivity (Wildman–Crippen MR) is 77.3 cm³/mol. The highest BCUT2D eigenvalue weighted by Crippen LogP contribution is 2.28. The Hall–Kier alpha value is -1.35. The molecule has 3 rings (SSSR count). The van der Waals surface area contributed by atoms with Crippen molar-refractivity contribution in [2.45, 2.75) is 32.1 Å². The number of aryl methyl sites for hydroxylation is 1. The molecule has 1 fully saturated rings. The molecule has 1 aromatic rings. The summed E-state index contributed by atoms with van der Waals surface area (Å²) in [6.45, 7) is 2.78. The molecule has 0 radical (unpaired) electrons. The molecule has 0 saturated carbocycles. The molecule has 102 valence electrons. The Kier molecular flexibility index (Phi) is 3.83. The van der Waals surface area contributed by atoms with E-state index in [2.05, 4.69) is 23.5 Å². The van der Waals surface area contributed by atoms with Gasteiger partial charge < -0.3 is 10.2 Å². The lowest BCUT2D eigenvalue weighted by Crippen LogP contribution is -2.43. The van der Waals surface area contributed by atoms with Gasteiger partial charge in [-0.05, 0) is 50.3 Å². The second-order valence-corrected chi connectivity index (χ2v) is 5.62. The van der Waals surface area contributed by atoms with E-state index in [4.69, 9.17) is 0 Å². The van der Waals surface area contributed by atoms with E-state index in [1.165, 1.54) is 12.0 Å². The zero-order valence-corrected chi connectivity index (χ0v) is 11.4. The Morgan fingerprint density at radius 1 is 1.21 bits per heavy atom. The number of piperidine rings is 1. The normalized spacial score (nSPS) is 23.6. The van der Waals surface area contributed by atoms with Crippen LogP contribution in [-0.2, 0) is 11.2 Å². The van der Waals surface area contributed by atoms with Gasteiger partial charge >= 0.3 is 0 Å². The van der Waals surface area contributed by atoms with Crippen LogP contribution in [0.25, 0.3) is 0 Å². The molecule has 1 saturated heterocycles. The predicted octanol–water partition coefficient (Wildman–Crippen LogP) is 2.36. The highest BCUT2D eigenvalue weighted by atomic mass is 16.2. The van der Waals surface area contributed by atoms with Crippen molar-refractivity contribution >= 4 is 11.6 Å². The summed E-state index contributed by atoms with van der Waals surface area (Å²) < 4.78 is 0. The third kappa shape index (κ3) is 2.66. The first-order valence-corrected chi connectivity index (χ1v) is 7.46. The van der Waals surface area contributed by atoms with Gasteiger partial charge in [0.25, 0.3) is 0 Å². The fourth-order valence-electron chi connectivity index (χ4n) is 3.20. The van der Waals surface area contributed by atoms with Crippen LogP contribution in [0.4, 0.5) is 5.69 Å². The molecule has 19 heavy (non-hydrogen) atoms. The van der Waals surface area contributed by atoms with E-state index in [9.17, 15) is 4.79 Å². The van der Waals surface area contributed by atoms with Crippen LogP contribution in [0.15, 0.2) is 24.3 Å². The maximum Gasteiger partial charge on any atom is 0.231 e. The van der Waals surface area contributed by atoms with E-state index in [0.717, 1.165) is 51.0 Å². The summed E-state index contributed by atoms with van der Waals surface area (Å²) in [6.07, 6.45) is 5.55. The molecular formula is C16H22N2O. The minimum atomic E-state index is 0.167. The van der Waals surface area contributed by atoms with Crippen LogP contribution in [-0.4, -0.2) is 25.5 Å². The maximum atomic E-state index is 12.8. The number of nitrogens with one attached hydrogen (secondary N) is 1.